The number of nitrogens with zero attached hydrogens (tertiary/aromatic N) is 2. The van der Waals surface area contributed by atoms with Crippen LogP contribution < -0.4 is 0 Å². The van der Waals surface area contributed by atoms with Crippen molar-refractivity contribution in [2.24, 2.45) is 10.2 Å². The van der Waals surface area contributed by atoms with Crippen molar-refractivity contribution in [2.45, 2.75) is 77.8 Å². The largest absolute Gasteiger partial charge is 0.481 e. The van der Waals surface area contributed by atoms with E-state index >= 15 is 0 Å². The standard InChI is InChI=1S/C13H26N2O2/c1-12(2,3)14-15-13(4,5)10-8-6-7-9-11(16)17/h6-10H2,1-5H3,(H,16,17)/b15-14+. The molecule has 0 saturated heterocycles. The molecule has 1 N–H and O–H groups in total. The lowest BCUT2D eigenvalue weighted by atomic mass is 9.97. The van der Waals surface area contributed by atoms with Crippen molar-refractivity contribution >= 4 is 5.97 Å². The summed E-state index contributed by atoms with van der Waals surface area (Å²) in [7, 11) is 0. The molecule has 17 heavy (non-hydrogen) atoms. The third-order valence-electron chi connectivity index (χ3n) is 2.30. The van der Waals surface area contributed by atoms with Gasteiger partial charge in [-0.1, -0.05) is 12.8 Å². The van der Waals surface area contributed by atoms with E-state index in [0.29, 0.717) is 0 Å². The lowest BCUT2D eigenvalue weighted by Gasteiger charge is -2.20. The third-order valence-corrected chi connectivity index (χ3v) is 2.30. The molecule has 0 bridgehead atoms. The summed E-state index contributed by atoms with van der Waals surface area (Å²) in [6, 6.07) is 0. The lowest BCUT2D eigenvalue weighted by molar-refractivity contribution is -0.137. The van der Waals surface area contributed by atoms with Crippen molar-refractivity contribution < 1.29 is 9.90 Å². The zero-order valence-electron chi connectivity index (χ0n) is 11.8. The Morgan fingerprint density at radius 3 is 2.06 bits per heavy atom. The Bertz CT molecular complexity index is 265. The molecular weight excluding hydrogens is 216 g/mol. The Hall–Kier alpha value is -0.930. The first kappa shape index (κ1) is 16.1. The SMILES string of the molecule is CC(C)(C)/N=N/C(C)(C)CCCCCC(=O)O. The van der Waals surface area contributed by atoms with Gasteiger partial charge in [-0.3, -0.25) is 4.79 Å². The van der Waals surface area contributed by atoms with E-state index in [4.69, 9.17) is 5.11 Å². The van der Waals surface area contributed by atoms with Gasteiger partial charge in [0.25, 0.3) is 0 Å². The Kier molecular flexibility index (Phi) is 6.35. The minimum absolute atomic E-state index is 0.124. The van der Waals surface area contributed by atoms with E-state index < -0.39 is 5.97 Å². The van der Waals surface area contributed by atoms with Crippen molar-refractivity contribution in [3.05, 3.63) is 0 Å². The molecule has 0 aromatic carbocycles. The van der Waals surface area contributed by atoms with E-state index in [1.54, 1.807) is 0 Å². The van der Waals surface area contributed by atoms with E-state index in [1.807, 2.05) is 20.8 Å². The molecule has 0 radical (unpaired) electrons. The maximum absolute atomic E-state index is 10.3. The third kappa shape index (κ3) is 11.3. The first-order chi connectivity index (χ1) is 7.62. The summed E-state index contributed by atoms with van der Waals surface area (Å²) >= 11 is 0. The maximum atomic E-state index is 10.3. The van der Waals surface area contributed by atoms with Crippen LogP contribution in [0.15, 0.2) is 10.2 Å². The van der Waals surface area contributed by atoms with Crippen molar-refractivity contribution in [3.8, 4) is 0 Å². The smallest absolute Gasteiger partial charge is 0.303 e. The molecular formula is C13H26N2O2. The van der Waals surface area contributed by atoms with Gasteiger partial charge in [-0.15, -0.1) is 0 Å². The zero-order chi connectivity index (χ0) is 13.5. The number of rotatable bonds is 7. The van der Waals surface area contributed by atoms with Gasteiger partial charge in [-0.2, -0.15) is 10.2 Å². The number of hydrogen-bond acceptors (Lipinski definition) is 3. The van der Waals surface area contributed by atoms with Crippen LogP contribution in [0.25, 0.3) is 0 Å². The molecule has 0 aliphatic carbocycles. The molecule has 0 spiro atoms. The Balaban J connectivity index is 3.86. The molecule has 0 aromatic rings. The zero-order valence-corrected chi connectivity index (χ0v) is 11.8. The highest BCUT2D eigenvalue weighted by Crippen LogP contribution is 2.21. The van der Waals surface area contributed by atoms with Crippen molar-refractivity contribution in [3.63, 3.8) is 0 Å². The fourth-order valence-electron chi connectivity index (χ4n) is 1.35. The van der Waals surface area contributed by atoms with Crippen LogP contribution in [0.4, 0.5) is 0 Å². The number of aliphatic carboxylic acids is 1. The van der Waals surface area contributed by atoms with E-state index in [0.717, 1.165) is 25.7 Å². The molecule has 0 unspecified atom stereocenters. The monoisotopic (exact) mass is 242 g/mol. The second-order valence-corrected chi connectivity index (χ2v) is 6.14. The summed E-state index contributed by atoms with van der Waals surface area (Å²) < 4.78 is 0. The molecule has 0 heterocycles. The van der Waals surface area contributed by atoms with Gasteiger partial charge in [0.2, 0.25) is 0 Å². The van der Waals surface area contributed by atoms with Crippen molar-refractivity contribution in [2.75, 3.05) is 0 Å². The maximum Gasteiger partial charge on any atom is 0.303 e. The minimum Gasteiger partial charge on any atom is -0.481 e. The molecule has 0 aromatic heterocycles. The number of azo groups is 1. The number of carboxylic acids is 1. The molecule has 100 valence electrons. The van der Waals surface area contributed by atoms with E-state index in [9.17, 15) is 4.79 Å². The van der Waals surface area contributed by atoms with E-state index in [-0.39, 0.29) is 17.5 Å². The molecule has 0 rings (SSSR count). The fourth-order valence-corrected chi connectivity index (χ4v) is 1.35. The van der Waals surface area contributed by atoms with Crippen LogP contribution >= 0.6 is 0 Å². The Morgan fingerprint density at radius 2 is 1.59 bits per heavy atom. The fraction of sp³-hybridized carbons (Fsp3) is 0.923. The van der Waals surface area contributed by atoms with Crippen LogP contribution in [0.3, 0.4) is 0 Å². The highest BCUT2D eigenvalue weighted by atomic mass is 16.4. The highest BCUT2D eigenvalue weighted by Gasteiger charge is 2.18. The molecule has 0 atom stereocenters. The van der Waals surface area contributed by atoms with Crippen molar-refractivity contribution in [1.82, 2.24) is 0 Å². The van der Waals surface area contributed by atoms with Crippen LogP contribution in [-0.4, -0.2) is 22.2 Å². The number of unbranched alkanes of at least 4 members (excludes halogenated alkanes) is 2. The molecule has 4 nitrogen and oxygen atoms in total. The molecule has 0 aliphatic rings. The number of carboxylic acid groups (broad SMARTS) is 1. The second-order valence-electron chi connectivity index (χ2n) is 6.14. The van der Waals surface area contributed by atoms with Crippen LogP contribution in [0.1, 0.15) is 66.7 Å². The number of carbonyl (C=O) groups is 1. The Labute approximate surface area is 105 Å². The molecule has 0 saturated carbocycles. The summed E-state index contributed by atoms with van der Waals surface area (Å²) in [5.41, 5.74) is -0.267. The summed E-state index contributed by atoms with van der Waals surface area (Å²) in [6.07, 6.45) is 3.92. The minimum atomic E-state index is -0.711. The first-order valence-corrected chi connectivity index (χ1v) is 6.28. The quantitative estimate of drug-likeness (QED) is 0.540. The van der Waals surface area contributed by atoms with Gasteiger partial charge in [0, 0.05) is 6.42 Å². The number of hydrogen-bond donors (Lipinski definition) is 1. The van der Waals surface area contributed by atoms with E-state index in [1.165, 1.54) is 0 Å². The average Bonchev–Trinajstić information content (AvgIpc) is 2.13. The van der Waals surface area contributed by atoms with Crippen LogP contribution in [0.5, 0.6) is 0 Å². The van der Waals surface area contributed by atoms with Gasteiger partial charge >= 0.3 is 5.97 Å². The van der Waals surface area contributed by atoms with Crippen LogP contribution in [-0.2, 0) is 4.79 Å². The van der Waals surface area contributed by atoms with Gasteiger partial charge in [-0.25, -0.2) is 0 Å². The molecule has 0 fully saturated rings. The highest BCUT2D eigenvalue weighted by molar-refractivity contribution is 5.66. The van der Waals surface area contributed by atoms with Crippen LogP contribution in [0.2, 0.25) is 0 Å². The molecule has 4 heteroatoms. The predicted octanol–water partition coefficient (Wildman–Crippen LogP) is 4.05. The predicted molar refractivity (Wildman–Crippen MR) is 69.4 cm³/mol. The molecule has 0 amide bonds. The van der Waals surface area contributed by atoms with Gasteiger partial charge < -0.3 is 5.11 Å². The summed E-state index contributed by atoms with van der Waals surface area (Å²) in [6.45, 7) is 10.2. The summed E-state index contributed by atoms with van der Waals surface area (Å²) in [5.74, 6) is -0.711. The van der Waals surface area contributed by atoms with Crippen LogP contribution in [0, 0.1) is 0 Å². The van der Waals surface area contributed by atoms with Gasteiger partial charge in [0.15, 0.2) is 0 Å². The van der Waals surface area contributed by atoms with Crippen molar-refractivity contribution in [1.29, 1.82) is 0 Å². The van der Waals surface area contributed by atoms with Gasteiger partial charge in [0.1, 0.15) is 0 Å². The summed E-state index contributed by atoms with van der Waals surface area (Å²) in [4.78, 5) is 10.3. The normalized spacial score (nSPS) is 13.2. The average molecular weight is 242 g/mol. The Morgan fingerprint density at radius 1 is 1.00 bits per heavy atom. The summed E-state index contributed by atoms with van der Waals surface area (Å²) in [5, 5.41) is 17.2. The molecule has 0 aliphatic heterocycles. The van der Waals surface area contributed by atoms with Gasteiger partial charge in [-0.05, 0) is 47.5 Å². The van der Waals surface area contributed by atoms with Gasteiger partial charge in [0.05, 0.1) is 11.1 Å². The second kappa shape index (κ2) is 6.72. The first-order valence-electron chi connectivity index (χ1n) is 6.28. The topological polar surface area (TPSA) is 62.0 Å². The van der Waals surface area contributed by atoms with E-state index in [2.05, 4.69) is 24.1 Å². The lowest BCUT2D eigenvalue weighted by Crippen LogP contribution is -2.18.